The van der Waals surface area contributed by atoms with Gasteiger partial charge in [-0.25, -0.2) is 0 Å². The molecule has 0 fully saturated rings. The fourth-order valence-corrected chi connectivity index (χ4v) is 4.67. The molecule has 0 bridgehead atoms. The molecule has 146 valence electrons. The van der Waals surface area contributed by atoms with Crippen LogP contribution in [0.3, 0.4) is 0 Å². The Hall–Kier alpha value is -2.49. The van der Waals surface area contributed by atoms with Crippen LogP contribution < -0.4 is 10.0 Å². The number of benzene rings is 2. The second-order valence-electron chi connectivity index (χ2n) is 6.15. The number of nitrogens with one attached hydrogen (secondary N) is 2. The van der Waals surface area contributed by atoms with E-state index in [2.05, 4.69) is 20.2 Å². The second kappa shape index (κ2) is 8.26. The topological polar surface area (TPSA) is 101 Å². The van der Waals surface area contributed by atoms with Crippen molar-refractivity contribution in [2.75, 3.05) is 10.0 Å². The van der Waals surface area contributed by atoms with Crippen molar-refractivity contribution in [1.82, 2.24) is 10.2 Å². The zero-order valence-corrected chi connectivity index (χ0v) is 17.4. The third-order valence-electron chi connectivity index (χ3n) is 3.80. The number of carbonyl (C=O) groups is 1. The van der Waals surface area contributed by atoms with Crippen molar-refractivity contribution >= 4 is 49.7 Å². The first-order valence-electron chi connectivity index (χ1n) is 8.29. The predicted molar refractivity (Wildman–Crippen MR) is 111 cm³/mol. The largest absolute Gasteiger partial charge is 0.296 e. The Morgan fingerprint density at radius 1 is 1.07 bits per heavy atom. The van der Waals surface area contributed by atoms with E-state index < -0.39 is 15.9 Å². The maximum atomic E-state index is 12.7. The third kappa shape index (κ3) is 4.49. The van der Waals surface area contributed by atoms with Crippen molar-refractivity contribution < 1.29 is 13.2 Å². The summed E-state index contributed by atoms with van der Waals surface area (Å²) in [5.74, 6) is -0.359. The van der Waals surface area contributed by atoms with Crippen LogP contribution in [0.1, 0.15) is 35.7 Å². The van der Waals surface area contributed by atoms with Gasteiger partial charge in [0.15, 0.2) is 0 Å². The second-order valence-corrected chi connectivity index (χ2v) is 9.40. The van der Waals surface area contributed by atoms with Gasteiger partial charge in [0, 0.05) is 0 Å². The molecule has 1 aromatic heterocycles. The quantitative estimate of drug-likeness (QED) is 0.559. The molecule has 2 N–H and O–H groups in total. The number of amides is 1. The first kappa shape index (κ1) is 20.2. The lowest BCUT2D eigenvalue weighted by Crippen LogP contribution is -2.14. The number of halogens is 1. The van der Waals surface area contributed by atoms with E-state index in [-0.39, 0.29) is 26.0 Å². The first-order chi connectivity index (χ1) is 13.3. The summed E-state index contributed by atoms with van der Waals surface area (Å²) in [6.45, 7) is 3.95. The smallest absolute Gasteiger partial charge is 0.291 e. The predicted octanol–water partition coefficient (Wildman–Crippen LogP) is 4.37. The molecular weight excluding hydrogens is 420 g/mol. The summed E-state index contributed by atoms with van der Waals surface area (Å²) in [6, 6.07) is 13.7. The lowest BCUT2D eigenvalue weighted by Gasteiger charge is -2.13. The van der Waals surface area contributed by atoms with Crippen LogP contribution in [0, 0.1) is 0 Å². The molecule has 3 aromatic rings. The van der Waals surface area contributed by atoms with Crippen LogP contribution in [0.25, 0.3) is 0 Å². The van der Waals surface area contributed by atoms with Gasteiger partial charge in [0.05, 0.1) is 16.3 Å². The summed E-state index contributed by atoms with van der Waals surface area (Å²) in [5.41, 5.74) is 1.60. The maximum Gasteiger partial charge on any atom is 0.291 e. The molecule has 1 amide bonds. The summed E-state index contributed by atoms with van der Waals surface area (Å²) >= 11 is 6.75. The highest BCUT2D eigenvalue weighted by Crippen LogP contribution is 2.28. The van der Waals surface area contributed by atoms with Crippen LogP contribution in [0.5, 0.6) is 0 Å². The van der Waals surface area contributed by atoms with Gasteiger partial charge in [0.25, 0.3) is 20.3 Å². The Labute approximate surface area is 171 Å². The van der Waals surface area contributed by atoms with E-state index in [0.29, 0.717) is 5.69 Å². The van der Waals surface area contributed by atoms with Gasteiger partial charge in [-0.05, 0) is 29.7 Å². The van der Waals surface area contributed by atoms with Crippen LogP contribution in [0.15, 0.2) is 52.9 Å². The highest BCUT2D eigenvalue weighted by molar-refractivity contribution is 7.94. The van der Waals surface area contributed by atoms with Gasteiger partial charge < -0.3 is 0 Å². The molecule has 0 atom stereocenters. The van der Waals surface area contributed by atoms with E-state index in [4.69, 9.17) is 11.6 Å². The van der Waals surface area contributed by atoms with Crippen molar-refractivity contribution in [3.8, 4) is 0 Å². The van der Waals surface area contributed by atoms with Gasteiger partial charge in [0.2, 0.25) is 5.13 Å². The molecule has 28 heavy (non-hydrogen) atoms. The Morgan fingerprint density at radius 3 is 2.46 bits per heavy atom. The number of carbonyl (C=O) groups excluding carboxylic acids is 1. The van der Waals surface area contributed by atoms with E-state index in [1.54, 1.807) is 36.4 Å². The van der Waals surface area contributed by atoms with Gasteiger partial charge >= 0.3 is 0 Å². The zero-order chi connectivity index (χ0) is 20.3. The lowest BCUT2D eigenvalue weighted by atomic mass is 10.0. The zero-order valence-electron chi connectivity index (χ0n) is 15.0. The van der Waals surface area contributed by atoms with Crippen LogP contribution in [0.2, 0.25) is 5.02 Å². The van der Waals surface area contributed by atoms with Crippen LogP contribution in [0.4, 0.5) is 10.8 Å². The van der Waals surface area contributed by atoms with Crippen LogP contribution >= 0.6 is 22.9 Å². The number of para-hydroxylation sites is 1. The minimum absolute atomic E-state index is 0.0578. The maximum absolute atomic E-state index is 12.7. The highest BCUT2D eigenvalue weighted by atomic mass is 35.5. The van der Waals surface area contributed by atoms with Crippen molar-refractivity contribution in [1.29, 1.82) is 0 Å². The molecule has 0 spiro atoms. The Morgan fingerprint density at radius 2 is 1.75 bits per heavy atom. The standard InChI is InChI=1S/C18H17ClN4O3S2/c1-11(2)12-7-4-6-10-15(12)23-28(25,26)18-22-21-17(27-18)20-16(24)13-8-3-5-9-14(13)19/h3-11,23H,1-2H3,(H,20,21,24). The molecular formula is C18H17ClN4O3S2. The number of sulfonamides is 1. The van der Waals surface area contributed by atoms with Crippen molar-refractivity contribution in [2.45, 2.75) is 24.1 Å². The average Bonchev–Trinajstić information content (AvgIpc) is 3.11. The minimum atomic E-state index is -3.94. The van der Waals surface area contributed by atoms with Crippen LogP contribution in [-0.4, -0.2) is 24.5 Å². The molecule has 0 unspecified atom stereocenters. The fourth-order valence-electron chi connectivity index (χ4n) is 2.46. The number of nitrogens with zero attached hydrogens (tertiary/aromatic N) is 2. The monoisotopic (exact) mass is 436 g/mol. The molecule has 0 aliphatic carbocycles. The lowest BCUT2D eigenvalue weighted by molar-refractivity contribution is 0.102. The molecule has 0 saturated heterocycles. The Kier molecular flexibility index (Phi) is 5.97. The summed E-state index contributed by atoms with van der Waals surface area (Å²) in [4.78, 5) is 12.3. The summed E-state index contributed by atoms with van der Waals surface area (Å²) in [6.07, 6.45) is 0. The molecule has 0 radical (unpaired) electrons. The number of hydrogen-bond acceptors (Lipinski definition) is 6. The van der Waals surface area contributed by atoms with Gasteiger partial charge in [0.1, 0.15) is 0 Å². The molecule has 10 heteroatoms. The van der Waals surface area contributed by atoms with E-state index >= 15 is 0 Å². The summed E-state index contributed by atoms with van der Waals surface area (Å²) < 4.78 is 27.6. The molecule has 2 aromatic carbocycles. The van der Waals surface area contributed by atoms with Crippen LogP contribution in [-0.2, 0) is 10.0 Å². The van der Waals surface area contributed by atoms with E-state index in [0.717, 1.165) is 16.9 Å². The van der Waals surface area contributed by atoms with Gasteiger partial charge in [-0.1, -0.05) is 67.1 Å². The molecule has 3 rings (SSSR count). The molecule has 7 nitrogen and oxygen atoms in total. The molecule has 0 aliphatic heterocycles. The van der Waals surface area contributed by atoms with Gasteiger partial charge in [-0.3, -0.25) is 14.8 Å². The Balaban J connectivity index is 1.79. The van der Waals surface area contributed by atoms with Gasteiger partial charge in [-0.15, -0.1) is 10.2 Å². The SMILES string of the molecule is CC(C)c1ccccc1NS(=O)(=O)c1nnc(NC(=O)c2ccccc2Cl)s1. The van der Waals surface area contributed by atoms with E-state index in [1.807, 2.05) is 26.0 Å². The van der Waals surface area contributed by atoms with E-state index in [9.17, 15) is 13.2 Å². The third-order valence-corrected chi connectivity index (χ3v) is 6.70. The number of rotatable bonds is 6. The Bertz CT molecular complexity index is 1110. The van der Waals surface area contributed by atoms with E-state index in [1.165, 1.54) is 0 Å². The molecule has 1 heterocycles. The molecule has 0 saturated carbocycles. The number of anilines is 2. The highest BCUT2D eigenvalue weighted by Gasteiger charge is 2.23. The average molecular weight is 437 g/mol. The fraction of sp³-hybridized carbons (Fsp3) is 0.167. The van der Waals surface area contributed by atoms with Crippen molar-refractivity contribution in [3.05, 3.63) is 64.7 Å². The summed E-state index contributed by atoms with van der Waals surface area (Å²) in [7, 11) is -3.94. The number of aromatic nitrogens is 2. The van der Waals surface area contributed by atoms with Gasteiger partial charge in [-0.2, -0.15) is 8.42 Å². The normalized spacial score (nSPS) is 11.4. The van der Waals surface area contributed by atoms with Crippen molar-refractivity contribution in [2.24, 2.45) is 0 Å². The van der Waals surface area contributed by atoms with Crippen molar-refractivity contribution in [3.63, 3.8) is 0 Å². The first-order valence-corrected chi connectivity index (χ1v) is 11.0. The number of hydrogen-bond donors (Lipinski definition) is 2. The summed E-state index contributed by atoms with van der Waals surface area (Å²) in [5, 5.41) is 10.3. The molecule has 0 aliphatic rings. The minimum Gasteiger partial charge on any atom is -0.296 e.